The summed E-state index contributed by atoms with van der Waals surface area (Å²) in [6, 6.07) is 11.0. The molecule has 0 saturated heterocycles. The Morgan fingerprint density at radius 2 is 2.08 bits per heavy atom. The maximum atomic E-state index is 12.8. The first-order valence-corrected chi connectivity index (χ1v) is 7.93. The summed E-state index contributed by atoms with van der Waals surface area (Å²) in [5.74, 6) is 1.06. The van der Waals surface area contributed by atoms with Gasteiger partial charge in [-0.05, 0) is 38.4 Å². The molecule has 7 heteroatoms. The fourth-order valence-corrected chi connectivity index (χ4v) is 2.84. The summed E-state index contributed by atoms with van der Waals surface area (Å²) in [5.41, 5.74) is 2.65. The van der Waals surface area contributed by atoms with Crippen molar-refractivity contribution in [2.24, 2.45) is 0 Å². The third kappa shape index (κ3) is 2.89. The van der Waals surface area contributed by atoms with E-state index in [1.54, 1.807) is 18.2 Å². The second-order valence-corrected chi connectivity index (χ2v) is 6.10. The Hall–Kier alpha value is -3.06. The molecule has 0 atom stereocenters. The van der Waals surface area contributed by atoms with Crippen molar-refractivity contribution < 1.29 is 14.3 Å². The molecule has 3 heterocycles. The predicted octanol–water partition coefficient (Wildman–Crippen LogP) is 2.38. The van der Waals surface area contributed by atoms with Crippen molar-refractivity contribution in [3.8, 4) is 11.5 Å². The van der Waals surface area contributed by atoms with Gasteiger partial charge in [-0.1, -0.05) is 6.07 Å². The van der Waals surface area contributed by atoms with Crippen molar-refractivity contribution in [2.75, 3.05) is 26.2 Å². The van der Waals surface area contributed by atoms with Gasteiger partial charge in [-0.25, -0.2) is 4.98 Å². The van der Waals surface area contributed by atoms with Gasteiger partial charge in [0.2, 0.25) is 6.79 Å². The van der Waals surface area contributed by atoms with E-state index in [9.17, 15) is 4.79 Å². The van der Waals surface area contributed by atoms with Gasteiger partial charge >= 0.3 is 0 Å². The molecule has 0 unspecified atom stereocenters. The van der Waals surface area contributed by atoms with Crippen LogP contribution in [0.5, 0.6) is 11.5 Å². The summed E-state index contributed by atoms with van der Waals surface area (Å²) in [6.07, 6.45) is 1.92. The van der Waals surface area contributed by atoms with Crippen molar-refractivity contribution >= 4 is 17.2 Å². The number of amides is 1. The molecule has 7 nitrogen and oxygen atoms in total. The molecule has 4 rings (SSSR count). The quantitative estimate of drug-likeness (QED) is 0.791. The largest absolute Gasteiger partial charge is 0.454 e. The Morgan fingerprint density at radius 1 is 1.24 bits per heavy atom. The Balaban J connectivity index is 1.67. The molecule has 1 amide bonds. The molecular formula is C18H18N4O3. The van der Waals surface area contributed by atoms with E-state index < -0.39 is 0 Å². The third-order valence-corrected chi connectivity index (χ3v) is 3.94. The number of nitrogens with one attached hydrogen (secondary N) is 1. The average molecular weight is 338 g/mol. The van der Waals surface area contributed by atoms with E-state index in [0.717, 1.165) is 11.3 Å². The van der Waals surface area contributed by atoms with Crippen LogP contribution >= 0.6 is 0 Å². The van der Waals surface area contributed by atoms with Crippen LogP contribution < -0.4 is 14.8 Å². The Morgan fingerprint density at radius 3 is 2.92 bits per heavy atom. The van der Waals surface area contributed by atoms with Crippen LogP contribution in [0.3, 0.4) is 0 Å². The molecule has 1 aliphatic heterocycles. The summed E-state index contributed by atoms with van der Waals surface area (Å²) in [6.45, 7) is 0.807. The van der Waals surface area contributed by atoms with Crippen LogP contribution in [0.15, 0.2) is 42.6 Å². The van der Waals surface area contributed by atoms with Crippen LogP contribution in [0, 0.1) is 0 Å². The number of carbonyl (C=O) groups is 1. The zero-order valence-corrected chi connectivity index (χ0v) is 14.0. The summed E-state index contributed by atoms with van der Waals surface area (Å²) in [7, 11) is 3.92. The number of fused-ring (bicyclic) bond motifs is 2. The smallest absolute Gasteiger partial charge is 0.276 e. The molecule has 3 aromatic rings. The van der Waals surface area contributed by atoms with Gasteiger partial charge in [-0.2, -0.15) is 0 Å². The van der Waals surface area contributed by atoms with Gasteiger partial charge < -0.3 is 24.1 Å². The number of imidazole rings is 1. The van der Waals surface area contributed by atoms with Gasteiger partial charge in [0.15, 0.2) is 17.2 Å². The lowest BCUT2D eigenvalue weighted by Crippen LogP contribution is -2.19. The normalized spacial score (nSPS) is 12.8. The number of ether oxygens (including phenoxy) is 2. The zero-order chi connectivity index (χ0) is 17.4. The van der Waals surface area contributed by atoms with Gasteiger partial charge in [0.25, 0.3) is 5.91 Å². The predicted molar refractivity (Wildman–Crippen MR) is 93.1 cm³/mol. The SMILES string of the molecule is CN(C)Cc1c(C(=O)Nc2ccc3c(c2)OCO3)nc2ccccn12. The number of aromatic nitrogens is 2. The summed E-state index contributed by atoms with van der Waals surface area (Å²) in [4.78, 5) is 19.3. The molecule has 128 valence electrons. The summed E-state index contributed by atoms with van der Waals surface area (Å²) < 4.78 is 12.6. The summed E-state index contributed by atoms with van der Waals surface area (Å²) >= 11 is 0. The zero-order valence-electron chi connectivity index (χ0n) is 14.0. The minimum absolute atomic E-state index is 0.201. The molecule has 0 aliphatic carbocycles. The van der Waals surface area contributed by atoms with Crippen LogP contribution in [0.4, 0.5) is 5.69 Å². The fourth-order valence-electron chi connectivity index (χ4n) is 2.84. The lowest BCUT2D eigenvalue weighted by atomic mass is 10.2. The monoisotopic (exact) mass is 338 g/mol. The number of nitrogens with zero attached hydrogens (tertiary/aromatic N) is 3. The molecule has 2 aromatic heterocycles. The Bertz CT molecular complexity index is 949. The number of carbonyl (C=O) groups excluding carboxylic acids is 1. The lowest BCUT2D eigenvalue weighted by molar-refractivity contribution is 0.102. The van der Waals surface area contributed by atoms with Gasteiger partial charge in [0.1, 0.15) is 5.65 Å². The first-order valence-electron chi connectivity index (χ1n) is 7.93. The van der Waals surface area contributed by atoms with Crippen molar-refractivity contribution in [2.45, 2.75) is 6.54 Å². The van der Waals surface area contributed by atoms with E-state index in [0.29, 0.717) is 29.4 Å². The highest BCUT2D eigenvalue weighted by Gasteiger charge is 2.20. The molecular weight excluding hydrogens is 320 g/mol. The van der Waals surface area contributed by atoms with E-state index in [2.05, 4.69) is 10.3 Å². The molecule has 1 aliphatic rings. The Kier molecular flexibility index (Phi) is 3.77. The fraction of sp³-hybridized carbons (Fsp3) is 0.222. The van der Waals surface area contributed by atoms with Crippen LogP contribution in [0.1, 0.15) is 16.2 Å². The number of pyridine rings is 1. The van der Waals surface area contributed by atoms with E-state index in [1.807, 2.05) is 47.8 Å². The summed E-state index contributed by atoms with van der Waals surface area (Å²) in [5, 5.41) is 2.89. The standard InChI is InChI=1S/C18H18N4O3/c1-21(2)10-13-17(20-16-5-3-4-8-22(13)16)18(23)19-12-6-7-14-15(9-12)25-11-24-14/h3-9H,10-11H2,1-2H3,(H,19,23). The molecule has 0 saturated carbocycles. The van der Waals surface area contributed by atoms with Crippen molar-refractivity contribution in [3.63, 3.8) is 0 Å². The molecule has 0 fully saturated rings. The first-order chi connectivity index (χ1) is 12.1. The van der Waals surface area contributed by atoms with E-state index in [4.69, 9.17) is 9.47 Å². The average Bonchev–Trinajstić information content (AvgIpc) is 3.19. The van der Waals surface area contributed by atoms with Gasteiger partial charge in [0.05, 0.1) is 5.69 Å². The highest BCUT2D eigenvalue weighted by molar-refractivity contribution is 6.04. The van der Waals surface area contributed by atoms with E-state index in [-0.39, 0.29) is 12.7 Å². The number of hydrogen-bond donors (Lipinski definition) is 1. The highest BCUT2D eigenvalue weighted by atomic mass is 16.7. The Labute approximate surface area is 144 Å². The first kappa shape index (κ1) is 15.5. The lowest BCUT2D eigenvalue weighted by Gasteiger charge is -2.11. The molecule has 0 spiro atoms. The van der Waals surface area contributed by atoms with E-state index >= 15 is 0 Å². The topological polar surface area (TPSA) is 68.1 Å². The van der Waals surface area contributed by atoms with Gasteiger partial charge in [0, 0.05) is 24.5 Å². The van der Waals surface area contributed by atoms with Crippen LogP contribution in [0.25, 0.3) is 5.65 Å². The molecule has 0 radical (unpaired) electrons. The number of benzene rings is 1. The van der Waals surface area contributed by atoms with Gasteiger partial charge in [-0.3, -0.25) is 4.79 Å². The highest BCUT2D eigenvalue weighted by Crippen LogP contribution is 2.34. The molecule has 1 N–H and O–H groups in total. The minimum Gasteiger partial charge on any atom is -0.454 e. The van der Waals surface area contributed by atoms with Crippen LogP contribution in [0.2, 0.25) is 0 Å². The van der Waals surface area contributed by atoms with Crippen molar-refractivity contribution in [3.05, 3.63) is 54.0 Å². The molecule has 0 bridgehead atoms. The number of rotatable bonds is 4. The number of hydrogen-bond acceptors (Lipinski definition) is 5. The van der Waals surface area contributed by atoms with Crippen molar-refractivity contribution in [1.29, 1.82) is 0 Å². The maximum Gasteiger partial charge on any atom is 0.276 e. The maximum absolute atomic E-state index is 12.8. The number of anilines is 1. The second kappa shape index (κ2) is 6.10. The third-order valence-electron chi connectivity index (χ3n) is 3.94. The van der Waals surface area contributed by atoms with Crippen LogP contribution in [-0.2, 0) is 6.54 Å². The second-order valence-electron chi connectivity index (χ2n) is 6.10. The molecule has 1 aromatic carbocycles. The minimum atomic E-state index is -0.251. The van der Waals surface area contributed by atoms with Gasteiger partial charge in [-0.15, -0.1) is 0 Å². The van der Waals surface area contributed by atoms with Crippen LogP contribution in [-0.4, -0.2) is 41.1 Å². The van der Waals surface area contributed by atoms with E-state index in [1.165, 1.54) is 0 Å². The van der Waals surface area contributed by atoms with Crippen molar-refractivity contribution in [1.82, 2.24) is 14.3 Å². The molecule has 25 heavy (non-hydrogen) atoms.